The van der Waals surface area contributed by atoms with Crippen LogP contribution in [0.3, 0.4) is 0 Å². The fourth-order valence-electron chi connectivity index (χ4n) is 6.50. The molecule has 2 amide bonds. The highest BCUT2D eigenvalue weighted by molar-refractivity contribution is 5.79. The Morgan fingerprint density at radius 3 is 2.23 bits per heavy atom. The molecule has 0 radical (unpaired) electrons. The summed E-state index contributed by atoms with van der Waals surface area (Å²) < 4.78 is 11.6. The number of likely N-dealkylation sites (tertiary alicyclic amines) is 1. The predicted octanol–water partition coefficient (Wildman–Crippen LogP) is 5.89. The zero-order valence-corrected chi connectivity index (χ0v) is 23.0. The lowest BCUT2D eigenvalue weighted by molar-refractivity contribution is -0.137. The average Bonchev–Trinajstić information content (AvgIpc) is 3.37. The lowest BCUT2D eigenvalue weighted by atomic mass is 9.85. The molecule has 2 aromatic carbocycles. The van der Waals surface area contributed by atoms with Gasteiger partial charge in [0.05, 0.1) is 0 Å². The SMILES string of the molecule is CC(C)(C)OC(=O)N1CC2CC(N(CCCC(=O)O)C(=O)OCC3c4ccccc4-c4ccccc43)CC1C2. The highest BCUT2D eigenvalue weighted by atomic mass is 16.6. The molecule has 1 saturated carbocycles. The van der Waals surface area contributed by atoms with E-state index in [1.54, 1.807) is 4.90 Å². The van der Waals surface area contributed by atoms with Crippen molar-refractivity contribution in [1.29, 1.82) is 0 Å². The molecule has 1 heterocycles. The fourth-order valence-corrected chi connectivity index (χ4v) is 6.50. The van der Waals surface area contributed by atoms with Crippen molar-refractivity contribution < 1.29 is 29.0 Å². The van der Waals surface area contributed by atoms with E-state index in [0.29, 0.717) is 25.9 Å². The molecule has 2 aliphatic carbocycles. The molecule has 2 fully saturated rings. The van der Waals surface area contributed by atoms with Crippen LogP contribution in [-0.4, -0.2) is 70.4 Å². The molecule has 2 bridgehead atoms. The number of carbonyl (C=O) groups excluding carboxylic acids is 2. The van der Waals surface area contributed by atoms with Gasteiger partial charge in [0.1, 0.15) is 12.2 Å². The highest BCUT2D eigenvalue weighted by Gasteiger charge is 2.45. The van der Waals surface area contributed by atoms with Crippen molar-refractivity contribution in [2.45, 2.75) is 76.5 Å². The maximum atomic E-state index is 13.6. The van der Waals surface area contributed by atoms with Gasteiger partial charge in [-0.25, -0.2) is 9.59 Å². The number of carbonyl (C=O) groups is 3. The number of carboxylic acids is 1. The molecular weight excluding hydrogens is 496 g/mol. The van der Waals surface area contributed by atoms with Crippen LogP contribution in [0.4, 0.5) is 9.59 Å². The Balaban J connectivity index is 1.29. The first-order chi connectivity index (χ1) is 18.6. The first-order valence-electron chi connectivity index (χ1n) is 13.9. The minimum atomic E-state index is -0.887. The summed E-state index contributed by atoms with van der Waals surface area (Å²) in [4.78, 5) is 41.2. The van der Waals surface area contributed by atoms with Crippen molar-refractivity contribution in [3.05, 3.63) is 59.7 Å². The third-order valence-corrected chi connectivity index (χ3v) is 8.08. The van der Waals surface area contributed by atoms with Crippen molar-refractivity contribution in [1.82, 2.24) is 9.80 Å². The van der Waals surface area contributed by atoms with Crippen molar-refractivity contribution >= 4 is 18.2 Å². The van der Waals surface area contributed by atoms with Crippen LogP contribution in [0, 0.1) is 5.92 Å². The molecule has 3 aliphatic rings. The first-order valence-corrected chi connectivity index (χ1v) is 13.9. The molecule has 2 aromatic rings. The number of hydrogen-bond acceptors (Lipinski definition) is 5. The molecule has 1 aliphatic heterocycles. The highest BCUT2D eigenvalue weighted by Crippen LogP contribution is 2.45. The zero-order chi connectivity index (χ0) is 27.7. The Bertz CT molecular complexity index is 1190. The van der Waals surface area contributed by atoms with Gasteiger partial charge < -0.3 is 24.4 Å². The number of nitrogens with zero attached hydrogens (tertiary/aromatic N) is 2. The summed E-state index contributed by atoms with van der Waals surface area (Å²) in [6.07, 6.45) is 1.88. The standard InChI is InChI=1S/C31H38N2O6/c1-31(2,3)39-30(37)33-18-20-15-21(17-22(33)16-20)32(14-8-13-28(34)35)29(36)38-19-27-25-11-6-4-9-23(25)24-10-5-7-12-26(24)27/h4-7,9-12,20-22,27H,8,13-19H2,1-3H3,(H,34,35). The van der Waals surface area contributed by atoms with E-state index in [0.717, 1.165) is 24.0 Å². The molecule has 0 aromatic heterocycles. The number of carboxylic acid groups (broad SMARTS) is 1. The third kappa shape index (κ3) is 5.89. The first kappa shape index (κ1) is 27.0. The minimum Gasteiger partial charge on any atom is -0.481 e. The lowest BCUT2D eigenvalue weighted by Gasteiger charge is -2.37. The number of hydrogen-bond donors (Lipinski definition) is 1. The van der Waals surface area contributed by atoms with Crippen molar-refractivity contribution in [2.75, 3.05) is 19.7 Å². The number of fused-ring (bicyclic) bond motifs is 5. The molecule has 1 saturated heterocycles. The second-order valence-corrected chi connectivity index (χ2v) is 12.0. The smallest absolute Gasteiger partial charge is 0.410 e. The average molecular weight is 535 g/mol. The molecule has 1 N–H and O–H groups in total. The monoisotopic (exact) mass is 534 g/mol. The maximum Gasteiger partial charge on any atom is 0.410 e. The molecule has 8 nitrogen and oxygen atoms in total. The van der Waals surface area contributed by atoms with Crippen molar-refractivity contribution in [3.8, 4) is 11.1 Å². The molecule has 8 heteroatoms. The normalized spacial score (nSPS) is 21.7. The number of rotatable bonds is 7. The summed E-state index contributed by atoms with van der Waals surface area (Å²) in [5.41, 5.74) is 4.05. The largest absolute Gasteiger partial charge is 0.481 e. The van der Waals surface area contributed by atoms with Crippen molar-refractivity contribution in [3.63, 3.8) is 0 Å². The van der Waals surface area contributed by atoms with E-state index in [-0.39, 0.29) is 43.0 Å². The van der Waals surface area contributed by atoms with Gasteiger partial charge >= 0.3 is 18.2 Å². The summed E-state index contributed by atoms with van der Waals surface area (Å²) >= 11 is 0. The Labute approximate surface area is 229 Å². The Kier molecular flexibility index (Phi) is 7.56. The van der Waals surface area contributed by atoms with Crippen molar-refractivity contribution in [2.24, 2.45) is 5.92 Å². The topological polar surface area (TPSA) is 96.4 Å². The molecule has 208 valence electrons. The van der Waals surface area contributed by atoms with E-state index in [2.05, 4.69) is 24.3 Å². The molecule has 5 rings (SSSR count). The second kappa shape index (κ2) is 10.9. The second-order valence-electron chi connectivity index (χ2n) is 12.0. The Morgan fingerprint density at radius 1 is 0.974 bits per heavy atom. The van der Waals surface area contributed by atoms with Gasteiger partial charge in [-0.2, -0.15) is 0 Å². The zero-order valence-electron chi connectivity index (χ0n) is 23.0. The van der Waals surface area contributed by atoms with Crippen LogP contribution in [0.25, 0.3) is 11.1 Å². The quantitative estimate of drug-likeness (QED) is 0.476. The van der Waals surface area contributed by atoms with Gasteiger partial charge in [0.2, 0.25) is 0 Å². The van der Waals surface area contributed by atoms with Crippen LogP contribution < -0.4 is 0 Å². The van der Waals surface area contributed by atoms with E-state index >= 15 is 0 Å². The summed E-state index contributed by atoms with van der Waals surface area (Å²) in [6.45, 7) is 6.71. The van der Waals surface area contributed by atoms with E-state index < -0.39 is 17.7 Å². The number of aliphatic carboxylic acids is 1. The molecule has 3 unspecified atom stereocenters. The van der Waals surface area contributed by atoms with Crippen LogP contribution >= 0.6 is 0 Å². The molecule has 3 atom stereocenters. The van der Waals surface area contributed by atoms with Gasteiger partial charge in [0.15, 0.2) is 0 Å². The van der Waals surface area contributed by atoms with Gasteiger partial charge in [-0.15, -0.1) is 0 Å². The molecular formula is C31H38N2O6. The Morgan fingerprint density at radius 2 is 1.62 bits per heavy atom. The van der Waals surface area contributed by atoms with Crippen LogP contribution in [0.5, 0.6) is 0 Å². The van der Waals surface area contributed by atoms with Crippen LogP contribution in [0.15, 0.2) is 48.5 Å². The summed E-state index contributed by atoms with van der Waals surface area (Å²) in [6, 6.07) is 16.3. The fraction of sp³-hybridized carbons (Fsp3) is 0.516. The van der Waals surface area contributed by atoms with Gasteiger partial charge in [-0.3, -0.25) is 4.79 Å². The summed E-state index contributed by atoms with van der Waals surface area (Å²) in [5, 5.41) is 9.20. The van der Waals surface area contributed by atoms with E-state index in [1.165, 1.54) is 11.1 Å². The van der Waals surface area contributed by atoms with Gasteiger partial charge in [0.25, 0.3) is 0 Å². The van der Waals surface area contributed by atoms with Gasteiger partial charge in [-0.05, 0) is 74.6 Å². The number of ether oxygens (including phenoxy) is 2. The van der Waals surface area contributed by atoms with Crippen LogP contribution in [0.2, 0.25) is 0 Å². The van der Waals surface area contributed by atoms with E-state index in [9.17, 15) is 19.5 Å². The third-order valence-electron chi connectivity index (χ3n) is 8.08. The van der Waals surface area contributed by atoms with Gasteiger partial charge in [-0.1, -0.05) is 48.5 Å². The van der Waals surface area contributed by atoms with E-state index in [4.69, 9.17) is 9.47 Å². The molecule has 39 heavy (non-hydrogen) atoms. The predicted molar refractivity (Wildman–Crippen MR) is 147 cm³/mol. The Hall–Kier alpha value is -3.55. The molecule has 0 spiro atoms. The maximum absolute atomic E-state index is 13.6. The van der Waals surface area contributed by atoms with E-state index in [1.807, 2.05) is 49.9 Å². The summed E-state index contributed by atoms with van der Waals surface area (Å²) in [7, 11) is 0. The minimum absolute atomic E-state index is 0.00744. The van der Waals surface area contributed by atoms with Gasteiger partial charge in [0, 0.05) is 37.5 Å². The number of benzene rings is 2. The summed E-state index contributed by atoms with van der Waals surface area (Å²) in [5.74, 6) is -0.667. The van der Waals surface area contributed by atoms with Crippen LogP contribution in [-0.2, 0) is 14.3 Å². The lowest BCUT2D eigenvalue weighted by Crippen LogP contribution is -2.47. The number of amides is 2. The van der Waals surface area contributed by atoms with Crippen LogP contribution in [0.1, 0.15) is 69.9 Å².